The molecule has 0 amide bonds. The molecule has 0 aliphatic heterocycles. The van der Waals surface area contributed by atoms with E-state index in [1.165, 1.54) is 12.1 Å². The van der Waals surface area contributed by atoms with Crippen molar-refractivity contribution < 1.29 is 25.2 Å². The number of hydrogen-bond donors (Lipinski definition) is 1. The summed E-state index contributed by atoms with van der Waals surface area (Å²) in [7, 11) is -1.00. The zero-order chi connectivity index (χ0) is 20.6. The summed E-state index contributed by atoms with van der Waals surface area (Å²) < 4.78 is 21.1. The Morgan fingerprint density at radius 2 is 1.37 bits per heavy atom. The summed E-state index contributed by atoms with van der Waals surface area (Å²) in [5.41, 5.74) is 2.36. The van der Waals surface area contributed by atoms with Crippen LogP contribution < -0.4 is 4.74 Å². The van der Waals surface area contributed by atoms with Gasteiger partial charge in [-0.25, -0.2) is 0 Å². The molecule has 0 saturated heterocycles. The number of rotatable bonds is 5. The largest absolute Gasteiger partial charge is 0.508 e. The molecule has 3 aromatic carbocycles. The molecule has 0 fully saturated rings. The Labute approximate surface area is 159 Å². The van der Waals surface area contributed by atoms with Crippen LogP contribution in [0.3, 0.4) is 0 Å². The van der Waals surface area contributed by atoms with Crippen LogP contribution >= 0.6 is 0 Å². The topological polar surface area (TPSA) is 63.6 Å². The number of carbonyl (C=O) groups is 2. The SMILES string of the molecule is O=Cc1ccc(O)cc1.O=Cc1ccc(OCc2ccccc2)cc1.[2H]CF. The normalized spacial score (nSPS) is 9.44. The van der Waals surface area contributed by atoms with Crippen LogP contribution in [0.2, 0.25) is 0 Å². The molecule has 0 aliphatic rings. The lowest BCUT2D eigenvalue weighted by Gasteiger charge is -2.05. The van der Waals surface area contributed by atoms with E-state index in [-0.39, 0.29) is 5.75 Å². The van der Waals surface area contributed by atoms with Gasteiger partial charge in [0, 0.05) is 11.1 Å². The van der Waals surface area contributed by atoms with Crippen molar-refractivity contribution in [3.8, 4) is 11.5 Å². The molecule has 27 heavy (non-hydrogen) atoms. The number of ether oxygens (including phenoxy) is 1. The number of alkyl halides is 1. The van der Waals surface area contributed by atoms with Gasteiger partial charge in [0.2, 0.25) is 0 Å². The highest BCUT2D eigenvalue weighted by Gasteiger charge is 1.95. The number of benzene rings is 3. The van der Waals surface area contributed by atoms with Crippen molar-refractivity contribution >= 4 is 12.6 Å². The van der Waals surface area contributed by atoms with E-state index in [9.17, 15) is 14.0 Å². The van der Waals surface area contributed by atoms with Crippen LogP contribution in [0.4, 0.5) is 4.39 Å². The Morgan fingerprint density at radius 1 is 0.889 bits per heavy atom. The van der Waals surface area contributed by atoms with Gasteiger partial charge in [0.25, 0.3) is 0 Å². The quantitative estimate of drug-likeness (QED) is 0.652. The average molecular weight is 369 g/mol. The third kappa shape index (κ3) is 8.45. The number of aldehydes is 2. The number of carbonyl (C=O) groups excluding carboxylic acids is 2. The Hall–Kier alpha value is -3.47. The van der Waals surface area contributed by atoms with E-state index in [1.54, 1.807) is 36.4 Å². The second-order valence-electron chi connectivity index (χ2n) is 5.17. The van der Waals surface area contributed by atoms with Crippen LogP contribution in [0.15, 0.2) is 78.9 Å². The molecule has 140 valence electrons. The summed E-state index contributed by atoms with van der Waals surface area (Å²) in [5, 5.41) is 8.74. The minimum Gasteiger partial charge on any atom is -0.508 e. The molecule has 0 atom stereocenters. The molecule has 0 saturated carbocycles. The first-order valence-electron chi connectivity index (χ1n) is 8.65. The average Bonchev–Trinajstić information content (AvgIpc) is 2.75. The van der Waals surface area contributed by atoms with Crippen molar-refractivity contribution in [3.05, 3.63) is 95.6 Å². The van der Waals surface area contributed by atoms with Crippen LogP contribution in [0.1, 0.15) is 27.7 Å². The van der Waals surface area contributed by atoms with E-state index in [0.717, 1.165) is 23.9 Å². The van der Waals surface area contributed by atoms with Gasteiger partial charge in [-0.1, -0.05) is 30.3 Å². The first kappa shape index (κ1) is 19.8. The highest BCUT2D eigenvalue weighted by molar-refractivity contribution is 5.75. The van der Waals surface area contributed by atoms with E-state index in [1.807, 2.05) is 30.3 Å². The van der Waals surface area contributed by atoms with Crippen LogP contribution in [0.25, 0.3) is 0 Å². The van der Waals surface area contributed by atoms with Gasteiger partial charge in [-0.3, -0.25) is 14.0 Å². The molecule has 0 unspecified atom stereocenters. The van der Waals surface area contributed by atoms with Crippen LogP contribution in [0, 0.1) is 0 Å². The third-order valence-corrected chi connectivity index (χ3v) is 3.29. The molecule has 0 aliphatic carbocycles. The lowest BCUT2D eigenvalue weighted by Crippen LogP contribution is -1.94. The second-order valence-corrected chi connectivity index (χ2v) is 5.17. The smallest absolute Gasteiger partial charge is 0.150 e. The van der Waals surface area contributed by atoms with Gasteiger partial charge in [-0.2, -0.15) is 0 Å². The highest BCUT2D eigenvalue weighted by Crippen LogP contribution is 2.13. The first-order valence-corrected chi connectivity index (χ1v) is 7.94. The number of hydrogen-bond acceptors (Lipinski definition) is 4. The highest BCUT2D eigenvalue weighted by atomic mass is 19.1. The fourth-order valence-electron chi connectivity index (χ4n) is 1.94. The van der Waals surface area contributed by atoms with E-state index < -0.39 is 7.15 Å². The number of halogens is 1. The van der Waals surface area contributed by atoms with Gasteiger partial charge in [0.05, 0.1) is 8.52 Å². The lowest BCUT2D eigenvalue weighted by atomic mass is 10.2. The standard InChI is InChI=1S/C14H12O2.C7H6O2.CH3F/c15-10-12-6-8-14(9-7-12)16-11-13-4-2-1-3-5-13;8-5-6-1-3-7(9)4-2-6;1-2/h1-10H,11H2;1-5,9H;1H3/i;;1D. The Kier molecular flexibility index (Phi) is 9.43. The molecule has 0 aromatic heterocycles. The summed E-state index contributed by atoms with van der Waals surface area (Å²) >= 11 is 0. The molecule has 0 spiro atoms. The van der Waals surface area contributed by atoms with Gasteiger partial charge in [0.1, 0.15) is 30.7 Å². The molecule has 5 heteroatoms. The number of phenolic OH excluding ortho intramolecular Hbond substituents is 1. The summed E-state index contributed by atoms with van der Waals surface area (Å²) in [6.45, 7) is 0.543. The zero-order valence-electron chi connectivity index (χ0n) is 15.6. The molecule has 3 rings (SSSR count). The minimum atomic E-state index is -1.00. The van der Waals surface area contributed by atoms with Gasteiger partial charge in [0.15, 0.2) is 0 Å². The predicted octanol–water partition coefficient (Wildman–Crippen LogP) is 4.87. The monoisotopic (exact) mass is 369 g/mol. The molecule has 0 bridgehead atoms. The van der Waals surface area contributed by atoms with E-state index in [4.69, 9.17) is 11.2 Å². The van der Waals surface area contributed by atoms with Crippen molar-refractivity contribution in [2.75, 3.05) is 7.15 Å². The second kappa shape index (κ2) is 12.8. The molecule has 0 heterocycles. The van der Waals surface area contributed by atoms with Crippen molar-refractivity contribution in [2.45, 2.75) is 6.61 Å². The summed E-state index contributed by atoms with van der Waals surface area (Å²) in [6.07, 6.45) is 1.56. The predicted molar refractivity (Wildman–Crippen MR) is 103 cm³/mol. The first-order chi connectivity index (χ1) is 13.6. The van der Waals surface area contributed by atoms with Crippen LogP contribution in [-0.2, 0) is 6.61 Å². The van der Waals surface area contributed by atoms with Gasteiger partial charge < -0.3 is 9.84 Å². The van der Waals surface area contributed by atoms with Crippen LogP contribution in [0.5, 0.6) is 11.5 Å². The Morgan fingerprint density at radius 3 is 1.85 bits per heavy atom. The van der Waals surface area contributed by atoms with E-state index in [0.29, 0.717) is 17.7 Å². The van der Waals surface area contributed by atoms with Crippen LogP contribution in [-0.4, -0.2) is 24.8 Å². The van der Waals surface area contributed by atoms with Crippen molar-refractivity contribution in [1.82, 2.24) is 0 Å². The Balaban J connectivity index is 0.000000276. The van der Waals surface area contributed by atoms with E-state index in [2.05, 4.69) is 0 Å². The maximum Gasteiger partial charge on any atom is 0.150 e. The third-order valence-electron chi connectivity index (χ3n) is 3.29. The maximum atomic E-state index is 10.5. The zero-order valence-corrected chi connectivity index (χ0v) is 14.6. The lowest BCUT2D eigenvalue weighted by molar-refractivity contribution is 0.111. The van der Waals surface area contributed by atoms with E-state index >= 15 is 0 Å². The number of aromatic hydroxyl groups is 1. The van der Waals surface area contributed by atoms with Crippen molar-refractivity contribution in [2.24, 2.45) is 0 Å². The minimum absolute atomic E-state index is 0.181. The van der Waals surface area contributed by atoms with Gasteiger partial charge >= 0.3 is 0 Å². The van der Waals surface area contributed by atoms with Gasteiger partial charge in [-0.05, 0) is 54.1 Å². The Bertz CT molecular complexity index is 806. The molecule has 1 N–H and O–H groups in total. The maximum absolute atomic E-state index is 10.5. The molecule has 3 aromatic rings. The summed E-state index contributed by atoms with van der Waals surface area (Å²) in [5.74, 6) is 0.954. The number of phenols is 1. The molecule has 4 nitrogen and oxygen atoms in total. The van der Waals surface area contributed by atoms with Crippen molar-refractivity contribution in [1.29, 1.82) is 0 Å². The van der Waals surface area contributed by atoms with Gasteiger partial charge in [-0.15, -0.1) is 0 Å². The fourth-order valence-corrected chi connectivity index (χ4v) is 1.94. The summed E-state index contributed by atoms with van der Waals surface area (Å²) in [6, 6.07) is 23.1. The summed E-state index contributed by atoms with van der Waals surface area (Å²) in [4.78, 5) is 20.5. The molecule has 0 radical (unpaired) electrons. The molecular weight excluding hydrogens is 347 g/mol. The fraction of sp³-hybridized carbons (Fsp3) is 0.0909. The molecular formula is C22H21FO4. The van der Waals surface area contributed by atoms with Crippen molar-refractivity contribution in [3.63, 3.8) is 0 Å².